The van der Waals surface area contributed by atoms with Gasteiger partial charge < -0.3 is 4.57 Å². The molecule has 1 aromatic rings. The predicted molar refractivity (Wildman–Crippen MR) is 63.2 cm³/mol. The Labute approximate surface area is 94.9 Å². The summed E-state index contributed by atoms with van der Waals surface area (Å²) >= 11 is 3.35. The standard InChI is InChI=1S/C11H19BrN2/c1-9(5-11(2,3)4)6-14-7-10(12)13-8-14/h7-9H,5-6H2,1-4H3. The monoisotopic (exact) mass is 258 g/mol. The van der Waals surface area contributed by atoms with E-state index in [2.05, 4.69) is 53.2 Å². The summed E-state index contributed by atoms with van der Waals surface area (Å²) in [5, 5.41) is 0. The molecular weight excluding hydrogens is 240 g/mol. The number of imidazole rings is 1. The zero-order valence-corrected chi connectivity index (χ0v) is 11.0. The molecule has 0 bridgehead atoms. The molecule has 0 radical (unpaired) electrons. The summed E-state index contributed by atoms with van der Waals surface area (Å²) in [5.41, 5.74) is 0.414. The highest BCUT2D eigenvalue weighted by atomic mass is 79.9. The highest BCUT2D eigenvalue weighted by molar-refractivity contribution is 9.10. The van der Waals surface area contributed by atoms with E-state index < -0.39 is 0 Å². The van der Waals surface area contributed by atoms with Crippen LogP contribution in [0.5, 0.6) is 0 Å². The van der Waals surface area contributed by atoms with E-state index in [1.807, 2.05) is 12.5 Å². The van der Waals surface area contributed by atoms with Gasteiger partial charge in [0.05, 0.1) is 6.33 Å². The van der Waals surface area contributed by atoms with Crippen molar-refractivity contribution in [2.24, 2.45) is 11.3 Å². The van der Waals surface area contributed by atoms with E-state index in [9.17, 15) is 0 Å². The van der Waals surface area contributed by atoms with Gasteiger partial charge in [0.2, 0.25) is 0 Å². The van der Waals surface area contributed by atoms with Crippen molar-refractivity contribution in [3.05, 3.63) is 17.1 Å². The first-order valence-electron chi connectivity index (χ1n) is 5.04. The van der Waals surface area contributed by atoms with Crippen molar-refractivity contribution in [3.63, 3.8) is 0 Å². The first-order chi connectivity index (χ1) is 6.37. The normalized spacial score (nSPS) is 14.4. The second-order valence-electron chi connectivity index (χ2n) is 5.26. The number of rotatable bonds is 3. The van der Waals surface area contributed by atoms with Crippen molar-refractivity contribution >= 4 is 15.9 Å². The van der Waals surface area contributed by atoms with Crippen LogP contribution in [0.1, 0.15) is 34.1 Å². The van der Waals surface area contributed by atoms with E-state index >= 15 is 0 Å². The van der Waals surface area contributed by atoms with Gasteiger partial charge in [0.1, 0.15) is 4.60 Å². The second kappa shape index (κ2) is 4.47. The molecule has 0 aliphatic carbocycles. The van der Waals surface area contributed by atoms with Crippen LogP contribution in [0.25, 0.3) is 0 Å². The third-order valence-corrected chi connectivity index (χ3v) is 2.49. The van der Waals surface area contributed by atoms with Crippen LogP contribution < -0.4 is 0 Å². The quantitative estimate of drug-likeness (QED) is 0.808. The van der Waals surface area contributed by atoms with Gasteiger partial charge in [-0.2, -0.15) is 0 Å². The smallest absolute Gasteiger partial charge is 0.124 e. The molecule has 1 unspecified atom stereocenters. The molecule has 80 valence electrons. The van der Waals surface area contributed by atoms with E-state index in [-0.39, 0.29) is 0 Å². The van der Waals surface area contributed by atoms with Gasteiger partial charge in [-0.15, -0.1) is 0 Å². The Morgan fingerprint density at radius 3 is 2.57 bits per heavy atom. The molecule has 1 aromatic heterocycles. The van der Waals surface area contributed by atoms with Crippen molar-refractivity contribution < 1.29 is 0 Å². The Morgan fingerprint density at radius 1 is 1.50 bits per heavy atom. The van der Waals surface area contributed by atoms with Crippen molar-refractivity contribution in [2.45, 2.75) is 40.7 Å². The van der Waals surface area contributed by atoms with Crippen molar-refractivity contribution in [3.8, 4) is 0 Å². The fraction of sp³-hybridized carbons (Fsp3) is 0.727. The molecule has 3 heteroatoms. The van der Waals surface area contributed by atoms with Crippen LogP contribution in [0.3, 0.4) is 0 Å². The van der Waals surface area contributed by atoms with Crippen LogP contribution in [-0.2, 0) is 6.54 Å². The Hall–Kier alpha value is -0.310. The topological polar surface area (TPSA) is 17.8 Å². The van der Waals surface area contributed by atoms with Gasteiger partial charge in [-0.1, -0.05) is 27.7 Å². The van der Waals surface area contributed by atoms with Gasteiger partial charge in [-0.25, -0.2) is 4.98 Å². The minimum Gasteiger partial charge on any atom is -0.336 e. The van der Waals surface area contributed by atoms with Gasteiger partial charge in [0.15, 0.2) is 0 Å². The van der Waals surface area contributed by atoms with E-state index in [1.165, 1.54) is 6.42 Å². The molecule has 0 saturated carbocycles. The summed E-state index contributed by atoms with van der Waals surface area (Å²) in [6, 6.07) is 0. The lowest BCUT2D eigenvalue weighted by atomic mass is 9.85. The molecule has 0 fully saturated rings. The van der Waals surface area contributed by atoms with Gasteiger partial charge in [0, 0.05) is 12.7 Å². The summed E-state index contributed by atoms with van der Waals surface area (Å²) < 4.78 is 3.06. The maximum Gasteiger partial charge on any atom is 0.124 e. The maximum atomic E-state index is 4.15. The molecule has 14 heavy (non-hydrogen) atoms. The molecule has 0 aromatic carbocycles. The number of nitrogens with zero attached hydrogens (tertiary/aromatic N) is 2. The lowest BCUT2D eigenvalue weighted by molar-refractivity contribution is 0.286. The van der Waals surface area contributed by atoms with Crippen LogP contribution in [0, 0.1) is 11.3 Å². The predicted octanol–water partition coefficient (Wildman–Crippen LogP) is 3.72. The lowest BCUT2D eigenvalue weighted by Crippen LogP contribution is -2.15. The van der Waals surface area contributed by atoms with E-state index in [0.717, 1.165) is 11.1 Å². The van der Waals surface area contributed by atoms with E-state index in [0.29, 0.717) is 11.3 Å². The van der Waals surface area contributed by atoms with E-state index in [4.69, 9.17) is 0 Å². The summed E-state index contributed by atoms with van der Waals surface area (Å²) in [7, 11) is 0. The molecule has 0 aliphatic heterocycles. The van der Waals surface area contributed by atoms with Crippen LogP contribution >= 0.6 is 15.9 Å². The maximum absolute atomic E-state index is 4.15. The fourth-order valence-electron chi connectivity index (χ4n) is 1.90. The van der Waals surface area contributed by atoms with Crippen molar-refractivity contribution in [2.75, 3.05) is 0 Å². The SMILES string of the molecule is CC(Cn1cnc(Br)c1)CC(C)(C)C. The Morgan fingerprint density at radius 2 is 2.14 bits per heavy atom. The van der Waals surface area contributed by atoms with Crippen LogP contribution in [0.15, 0.2) is 17.1 Å². The number of halogens is 1. The lowest BCUT2D eigenvalue weighted by Gasteiger charge is -2.23. The van der Waals surface area contributed by atoms with Crippen LogP contribution in [-0.4, -0.2) is 9.55 Å². The van der Waals surface area contributed by atoms with Gasteiger partial charge in [-0.3, -0.25) is 0 Å². The molecular formula is C11H19BrN2. The highest BCUT2D eigenvalue weighted by Gasteiger charge is 2.15. The number of hydrogen-bond acceptors (Lipinski definition) is 1. The first kappa shape index (κ1) is 11.8. The fourth-order valence-corrected chi connectivity index (χ4v) is 2.26. The molecule has 1 atom stereocenters. The zero-order valence-electron chi connectivity index (χ0n) is 9.42. The summed E-state index contributed by atoms with van der Waals surface area (Å²) in [6.45, 7) is 10.2. The molecule has 2 nitrogen and oxygen atoms in total. The Balaban J connectivity index is 2.45. The highest BCUT2D eigenvalue weighted by Crippen LogP contribution is 2.25. The number of hydrogen-bond donors (Lipinski definition) is 0. The molecule has 0 spiro atoms. The molecule has 1 heterocycles. The van der Waals surface area contributed by atoms with Crippen LogP contribution in [0.2, 0.25) is 0 Å². The molecule has 0 saturated heterocycles. The largest absolute Gasteiger partial charge is 0.336 e. The van der Waals surface area contributed by atoms with Gasteiger partial charge >= 0.3 is 0 Å². The third kappa shape index (κ3) is 4.27. The first-order valence-corrected chi connectivity index (χ1v) is 5.83. The molecule has 0 N–H and O–H groups in total. The van der Waals surface area contributed by atoms with Gasteiger partial charge in [0.25, 0.3) is 0 Å². The van der Waals surface area contributed by atoms with Crippen molar-refractivity contribution in [1.82, 2.24) is 9.55 Å². The molecule has 1 rings (SSSR count). The second-order valence-corrected chi connectivity index (χ2v) is 6.08. The van der Waals surface area contributed by atoms with Crippen LogP contribution in [0.4, 0.5) is 0 Å². The average molecular weight is 259 g/mol. The third-order valence-electron chi connectivity index (χ3n) is 2.09. The number of aromatic nitrogens is 2. The summed E-state index contributed by atoms with van der Waals surface area (Å²) in [5.74, 6) is 0.691. The van der Waals surface area contributed by atoms with E-state index in [1.54, 1.807) is 0 Å². The Kier molecular flexibility index (Phi) is 3.76. The van der Waals surface area contributed by atoms with Crippen molar-refractivity contribution in [1.29, 1.82) is 0 Å². The van der Waals surface area contributed by atoms with Gasteiger partial charge in [-0.05, 0) is 33.7 Å². The molecule has 0 amide bonds. The zero-order chi connectivity index (χ0) is 10.8. The molecule has 0 aliphatic rings. The average Bonchev–Trinajstić information content (AvgIpc) is 2.30. The summed E-state index contributed by atoms with van der Waals surface area (Å²) in [6.07, 6.45) is 5.14. The summed E-state index contributed by atoms with van der Waals surface area (Å²) in [4.78, 5) is 4.15. The minimum absolute atomic E-state index is 0.414. The Bertz CT molecular complexity index is 286. The minimum atomic E-state index is 0.414.